The molecule has 8 heteroatoms. The largest absolute Gasteiger partial charge is 0.346 e. The molecule has 2 N–H and O–H groups in total. The van der Waals surface area contributed by atoms with Crippen molar-refractivity contribution >= 4 is 33.3 Å². The third kappa shape index (κ3) is 4.00. The van der Waals surface area contributed by atoms with E-state index in [1.807, 2.05) is 0 Å². The number of halogens is 1. The first-order valence-electron chi connectivity index (χ1n) is 7.94. The number of nitrogens with zero attached hydrogens (tertiary/aromatic N) is 3. The van der Waals surface area contributed by atoms with Gasteiger partial charge in [0.1, 0.15) is 5.82 Å². The number of urea groups is 1. The standard InChI is InChI=1S/C16H20FN5OS/c1-10-4-3-7-22(9-10)16-21-20-15(24-16)19-14(23)18-12-6-5-11(2)13(17)8-12/h5-6,8,10H,3-4,7,9H2,1-2H3,(H2,18,19,20,23)/t10-/m0/s1. The summed E-state index contributed by atoms with van der Waals surface area (Å²) < 4.78 is 13.5. The van der Waals surface area contributed by atoms with Crippen LogP contribution in [0.4, 0.5) is 25.1 Å². The van der Waals surface area contributed by atoms with E-state index < -0.39 is 6.03 Å². The van der Waals surface area contributed by atoms with Crippen molar-refractivity contribution in [3.05, 3.63) is 29.6 Å². The van der Waals surface area contributed by atoms with Crippen LogP contribution in [0.3, 0.4) is 0 Å². The first kappa shape index (κ1) is 16.6. The van der Waals surface area contributed by atoms with Crippen molar-refractivity contribution in [1.82, 2.24) is 10.2 Å². The predicted octanol–water partition coefficient (Wildman–Crippen LogP) is 3.87. The zero-order valence-electron chi connectivity index (χ0n) is 13.7. The molecule has 2 aromatic rings. The number of aromatic nitrogens is 2. The lowest BCUT2D eigenvalue weighted by Crippen LogP contribution is -2.34. The summed E-state index contributed by atoms with van der Waals surface area (Å²) in [5.74, 6) is 0.281. The summed E-state index contributed by atoms with van der Waals surface area (Å²) in [6.45, 7) is 5.82. The van der Waals surface area contributed by atoms with Gasteiger partial charge in [-0.1, -0.05) is 24.3 Å². The zero-order valence-corrected chi connectivity index (χ0v) is 14.5. The maximum absolute atomic E-state index is 13.5. The highest BCUT2D eigenvalue weighted by Crippen LogP contribution is 2.28. The van der Waals surface area contributed by atoms with E-state index in [9.17, 15) is 9.18 Å². The Bertz CT molecular complexity index is 735. The Morgan fingerprint density at radius 2 is 2.21 bits per heavy atom. The minimum absolute atomic E-state index is 0.356. The van der Waals surface area contributed by atoms with Gasteiger partial charge >= 0.3 is 6.03 Å². The van der Waals surface area contributed by atoms with Crippen LogP contribution in [-0.2, 0) is 0 Å². The average molecular weight is 349 g/mol. The minimum atomic E-state index is -0.465. The number of aryl methyl sites for hydroxylation is 1. The van der Waals surface area contributed by atoms with Crippen molar-refractivity contribution in [2.75, 3.05) is 28.6 Å². The number of anilines is 3. The van der Waals surface area contributed by atoms with Gasteiger partial charge in [-0.3, -0.25) is 5.32 Å². The number of carbonyl (C=O) groups is 1. The van der Waals surface area contributed by atoms with Crippen LogP contribution in [0.5, 0.6) is 0 Å². The Hall–Kier alpha value is -2.22. The SMILES string of the molecule is Cc1ccc(NC(=O)Nc2nnc(N3CCC[C@H](C)C3)s2)cc1F. The van der Waals surface area contributed by atoms with Gasteiger partial charge in [0.2, 0.25) is 10.3 Å². The van der Waals surface area contributed by atoms with Crippen LogP contribution in [0, 0.1) is 18.7 Å². The van der Waals surface area contributed by atoms with E-state index in [1.54, 1.807) is 19.1 Å². The number of rotatable bonds is 3. The fourth-order valence-corrected chi connectivity index (χ4v) is 3.46. The van der Waals surface area contributed by atoms with Gasteiger partial charge in [-0.25, -0.2) is 9.18 Å². The molecule has 1 aliphatic heterocycles. The third-order valence-corrected chi connectivity index (χ3v) is 4.89. The summed E-state index contributed by atoms with van der Waals surface area (Å²) in [5, 5.41) is 14.6. The summed E-state index contributed by atoms with van der Waals surface area (Å²) in [7, 11) is 0. The Labute approximate surface area is 144 Å². The molecule has 0 bridgehead atoms. The van der Waals surface area contributed by atoms with Crippen LogP contribution in [0.1, 0.15) is 25.3 Å². The normalized spacial score (nSPS) is 17.6. The first-order chi connectivity index (χ1) is 11.5. The number of hydrogen-bond donors (Lipinski definition) is 2. The molecule has 1 aromatic carbocycles. The summed E-state index contributed by atoms with van der Waals surface area (Å²) in [6, 6.07) is 4.09. The van der Waals surface area contributed by atoms with Crippen molar-refractivity contribution in [1.29, 1.82) is 0 Å². The summed E-state index contributed by atoms with van der Waals surface area (Å²) in [6.07, 6.45) is 2.37. The van der Waals surface area contributed by atoms with Gasteiger partial charge in [0.15, 0.2) is 0 Å². The minimum Gasteiger partial charge on any atom is -0.346 e. The quantitative estimate of drug-likeness (QED) is 0.883. The second-order valence-electron chi connectivity index (χ2n) is 6.13. The predicted molar refractivity (Wildman–Crippen MR) is 94.3 cm³/mol. The third-order valence-electron chi connectivity index (χ3n) is 3.99. The summed E-state index contributed by atoms with van der Waals surface area (Å²) in [5.41, 5.74) is 0.927. The molecular formula is C16H20FN5OS. The maximum Gasteiger partial charge on any atom is 0.325 e. The summed E-state index contributed by atoms with van der Waals surface area (Å²) >= 11 is 1.34. The van der Waals surface area contributed by atoms with Crippen LogP contribution >= 0.6 is 11.3 Å². The monoisotopic (exact) mass is 349 g/mol. The van der Waals surface area contributed by atoms with Gasteiger partial charge in [0.05, 0.1) is 0 Å². The Morgan fingerprint density at radius 1 is 1.38 bits per heavy atom. The van der Waals surface area contributed by atoms with Gasteiger partial charge in [0, 0.05) is 18.8 Å². The lowest BCUT2D eigenvalue weighted by atomic mass is 10.0. The van der Waals surface area contributed by atoms with Crippen LogP contribution in [0.15, 0.2) is 18.2 Å². The van der Waals surface area contributed by atoms with E-state index in [1.165, 1.54) is 23.8 Å². The highest BCUT2D eigenvalue weighted by atomic mass is 32.1. The van der Waals surface area contributed by atoms with Gasteiger partial charge in [0.25, 0.3) is 0 Å². The molecule has 2 amide bonds. The molecule has 2 heterocycles. The van der Waals surface area contributed by atoms with E-state index >= 15 is 0 Å². The number of piperidine rings is 1. The molecule has 0 aliphatic carbocycles. The molecule has 3 rings (SSSR count). The molecule has 0 saturated carbocycles. The Balaban J connectivity index is 1.59. The van der Waals surface area contributed by atoms with Gasteiger partial charge in [-0.15, -0.1) is 10.2 Å². The number of benzene rings is 1. The van der Waals surface area contributed by atoms with E-state index in [-0.39, 0.29) is 5.82 Å². The van der Waals surface area contributed by atoms with Gasteiger partial charge < -0.3 is 10.2 Å². The van der Waals surface area contributed by atoms with Crippen molar-refractivity contribution in [2.45, 2.75) is 26.7 Å². The lowest BCUT2D eigenvalue weighted by molar-refractivity contribution is 0.262. The number of amides is 2. The Kier molecular flexibility index (Phi) is 4.94. The fourth-order valence-electron chi connectivity index (χ4n) is 2.69. The van der Waals surface area contributed by atoms with E-state index in [4.69, 9.17) is 0 Å². The first-order valence-corrected chi connectivity index (χ1v) is 8.75. The van der Waals surface area contributed by atoms with E-state index in [0.29, 0.717) is 22.3 Å². The molecule has 0 unspecified atom stereocenters. The smallest absolute Gasteiger partial charge is 0.325 e. The molecule has 0 spiro atoms. The van der Waals surface area contributed by atoms with Crippen LogP contribution < -0.4 is 15.5 Å². The number of nitrogens with one attached hydrogen (secondary N) is 2. The average Bonchev–Trinajstić information content (AvgIpc) is 2.99. The molecular weight excluding hydrogens is 329 g/mol. The highest BCUT2D eigenvalue weighted by molar-refractivity contribution is 7.19. The van der Waals surface area contributed by atoms with E-state index in [2.05, 4.69) is 32.7 Å². The summed E-state index contributed by atoms with van der Waals surface area (Å²) in [4.78, 5) is 14.2. The van der Waals surface area contributed by atoms with Crippen molar-refractivity contribution < 1.29 is 9.18 Å². The van der Waals surface area contributed by atoms with Crippen LogP contribution in [0.2, 0.25) is 0 Å². The Morgan fingerprint density at radius 3 is 2.96 bits per heavy atom. The van der Waals surface area contributed by atoms with Crippen molar-refractivity contribution in [3.63, 3.8) is 0 Å². The van der Waals surface area contributed by atoms with Crippen molar-refractivity contribution in [3.8, 4) is 0 Å². The van der Waals surface area contributed by atoms with Crippen LogP contribution in [0.25, 0.3) is 0 Å². The van der Waals surface area contributed by atoms with E-state index in [0.717, 1.165) is 24.6 Å². The molecule has 0 radical (unpaired) electrons. The molecule has 1 fully saturated rings. The van der Waals surface area contributed by atoms with Crippen LogP contribution in [-0.4, -0.2) is 29.3 Å². The van der Waals surface area contributed by atoms with Crippen molar-refractivity contribution in [2.24, 2.45) is 5.92 Å². The molecule has 1 aromatic heterocycles. The van der Waals surface area contributed by atoms with Gasteiger partial charge in [-0.2, -0.15) is 0 Å². The molecule has 1 saturated heterocycles. The lowest BCUT2D eigenvalue weighted by Gasteiger charge is -2.29. The molecule has 1 aliphatic rings. The molecule has 128 valence electrons. The number of hydrogen-bond acceptors (Lipinski definition) is 5. The maximum atomic E-state index is 13.5. The zero-order chi connectivity index (χ0) is 17.1. The fraction of sp³-hybridized carbons (Fsp3) is 0.438. The highest BCUT2D eigenvalue weighted by Gasteiger charge is 2.20. The topological polar surface area (TPSA) is 70.1 Å². The van der Waals surface area contributed by atoms with Gasteiger partial charge in [-0.05, 0) is 43.4 Å². The second kappa shape index (κ2) is 7.12. The molecule has 1 atom stereocenters. The molecule has 24 heavy (non-hydrogen) atoms. The second-order valence-corrected chi connectivity index (χ2v) is 7.08. The molecule has 6 nitrogen and oxygen atoms in total. The number of carbonyl (C=O) groups excluding carboxylic acids is 1.